The van der Waals surface area contributed by atoms with Gasteiger partial charge in [0, 0.05) is 10.9 Å². The van der Waals surface area contributed by atoms with Gasteiger partial charge in [-0.15, -0.1) is 10.2 Å². The van der Waals surface area contributed by atoms with Gasteiger partial charge in [-0.1, -0.05) is 48.5 Å². The highest BCUT2D eigenvalue weighted by Gasteiger charge is 2.17. The van der Waals surface area contributed by atoms with E-state index in [1.54, 1.807) is 41.0 Å². The molecule has 0 aliphatic rings. The van der Waals surface area contributed by atoms with Gasteiger partial charge < -0.3 is 19.6 Å². The smallest absolute Gasteiger partial charge is 0.221 e. The molecule has 7 heteroatoms. The number of fused-ring (bicyclic) bond motifs is 1. The molecular formula is C22H15FN3O3-. The number of aromatic carboxylic acids is 1. The number of hydrogen-bond donors (Lipinski definition) is 1. The van der Waals surface area contributed by atoms with E-state index in [0.717, 1.165) is 11.1 Å². The average Bonchev–Trinajstić information content (AvgIpc) is 2.99. The number of halogens is 1. The van der Waals surface area contributed by atoms with Crippen molar-refractivity contribution in [3.8, 4) is 5.88 Å². The van der Waals surface area contributed by atoms with Gasteiger partial charge >= 0.3 is 0 Å². The molecule has 0 radical (unpaired) electrons. The quantitative estimate of drug-likeness (QED) is 0.517. The number of para-hydroxylation sites is 1. The predicted octanol–water partition coefficient (Wildman–Crippen LogP) is 4.31. The highest BCUT2D eigenvalue weighted by molar-refractivity contribution is 5.95. The Hall–Kier alpha value is -4.00. The SMILES string of the molecule is O=C([O-])c1ccccc1N=Nc1c(O)n(Cc2ccc(F)cc2)c2ccccc12. The molecule has 4 rings (SSSR count). The van der Waals surface area contributed by atoms with Crippen molar-refractivity contribution < 1.29 is 19.4 Å². The van der Waals surface area contributed by atoms with Crippen LogP contribution in [0.15, 0.2) is 83.0 Å². The molecule has 0 amide bonds. The van der Waals surface area contributed by atoms with Gasteiger partial charge in [0.25, 0.3) is 0 Å². The fraction of sp³-hybridized carbons (Fsp3) is 0.0455. The maximum Gasteiger partial charge on any atom is 0.221 e. The van der Waals surface area contributed by atoms with Crippen LogP contribution in [0, 0.1) is 5.82 Å². The summed E-state index contributed by atoms with van der Waals surface area (Å²) < 4.78 is 14.8. The monoisotopic (exact) mass is 388 g/mol. The van der Waals surface area contributed by atoms with Crippen molar-refractivity contribution in [1.29, 1.82) is 0 Å². The lowest BCUT2D eigenvalue weighted by Crippen LogP contribution is -2.22. The molecule has 0 fully saturated rings. The number of rotatable bonds is 5. The number of carboxylic acids is 1. The van der Waals surface area contributed by atoms with E-state index in [9.17, 15) is 19.4 Å². The Bertz CT molecular complexity index is 1230. The largest absolute Gasteiger partial charge is 0.545 e. The molecule has 0 saturated carbocycles. The highest BCUT2D eigenvalue weighted by atomic mass is 19.1. The summed E-state index contributed by atoms with van der Waals surface area (Å²) in [5.74, 6) is -1.82. The second kappa shape index (κ2) is 7.55. The van der Waals surface area contributed by atoms with Crippen LogP contribution >= 0.6 is 0 Å². The van der Waals surface area contributed by atoms with Gasteiger partial charge in [0.2, 0.25) is 5.88 Å². The number of carbonyl (C=O) groups is 1. The lowest BCUT2D eigenvalue weighted by molar-refractivity contribution is -0.254. The second-order valence-electron chi connectivity index (χ2n) is 6.41. The van der Waals surface area contributed by atoms with Crippen molar-refractivity contribution in [1.82, 2.24) is 4.57 Å². The average molecular weight is 388 g/mol. The fourth-order valence-electron chi connectivity index (χ4n) is 3.14. The molecule has 144 valence electrons. The lowest BCUT2D eigenvalue weighted by Gasteiger charge is -2.07. The zero-order chi connectivity index (χ0) is 20.4. The second-order valence-corrected chi connectivity index (χ2v) is 6.41. The van der Waals surface area contributed by atoms with Crippen molar-refractivity contribution in [2.45, 2.75) is 6.54 Å². The van der Waals surface area contributed by atoms with E-state index in [2.05, 4.69) is 10.2 Å². The van der Waals surface area contributed by atoms with E-state index >= 15 is 0 Å². The summed E-state index contributed by atoms with van der Waals surface area (Å²) in [6.45, 7) is 0.303. The van der Waals surface area contributed by atoms with Crippen molar-refractivity contribution in [2.24, 2.45) is 10.2 Å². The van der Waals surface area contributed by atoms with Gasteiger partial charge in [-0.2, -0.15) is 0 Å². The first-order valence-corrected chi connectivity index (χ1v) is 8.81. The molecule has 3 aromatic carbocycles. The standard InChI is InChI=1S/C22H16FN3O3/c23-15-11-9-14(10-12-15)13-26-19-8-4-2-6-17(19)20(21(26)27)25-24-18-7-3-1-5-16(18)22(28)29/h1-12,27H,13H2,(H,28,29)/p-1. The van der Waals surface area contributed by atoms with Crippen LogP contribution in [0.2, 0.25) is 0 Å². The van der Waals surface area contributed by atoms with Gasteiger partial charge in [0.05, 0.1) is 23.7 Å². The molecule has 1 heterocycles. The van der Waals surface area contributed by atoms with E-state index in [1.807, 2.05) is 12.1 Å². The Balaban J connectivity index is 1.79. The first-order chi connectivity index (χ1) is 14.0. The number of nitrogens with zero attached hydrogens (tertiary/aromatic N) is 3. The molecule has 0 bridgehead atoms. The number of hydrogen-bond acceptors (Lipinski definition) is 5. The van der Waals surface area contributed by atoms with Crippen LogP contribution in [-0.2, 0) is 6.54 Å². The molecule has 1 aromatic heterocycles. The summed E-state index contributed by atoms with van der Waals surface area (Å²) in [5.41, 5.74) is 1.77. The first kappa shape index (κ1) is 18.4. The topological polar surface area (TPSA) is 90.0 Å². The number of aromatic nitrogens is 1. The molecule has 0 unspecified atom stereocenters. The Labute approximate surface area is 165 Å². The van der Waals surface area contributed by atoms with Crippen molar-refractivity contribution in [3.05, 3.63) is 89.7 Å². The maximum absolute atomic E-state index is 13.2. The minimum absolute atomic E-state index is 0.0919. The van der Waals surface area contributed by atoms with Gasteiger partial charge in [0.15, 0.2) is 5.69 Å². The summed E-state index contributed by atoms with van der Waals surface area (Å²) >= 11 is 0. The highest BCUT2D eigenvalue weighted by Crippen LogP contribution is 2.40. The third kappa shape index (κ3) is 3.58. The zero-order valence-corrected chi connectivity index (χ0v) is 15.1. The number of aromatic hydroxyl groups is 1. The van der Waals surface area contributed by atoms with Gasteiger partial charge in [-0.3, -0.25) is 0 Å². The predicted molar refractivity (Wildman–Crippen MR) is 104 cm³/mol. The van der Waals surface area contributed by atoms with E-state index in [0.29, 0.717) is 11.9 Å². The zero-order valence-electron chi connectivity index (χ0n) is 15.1. The van der Waals surface area contributed by atoms with Crippen LogP contribution in [0.5, 0.6) is 5.88 Å². The molecule has 0 atom stereocenters. The molecule has 4 aromatic rings. The van der Waals surface area contributed by atoms with Gasteiger partial charge in [-0.25, -0.2) is 4.39 Å². The van der Waals surface area contributed by atoms with E-state index in [4.69, 9.17) is 0 Å². The third-order valence-corrected chi connectivity index (χ3v) is 4.55. The van der Waals surface area contributed by atoms with Crippen LogP contribution in [0.25, 0.3) is 10.9 Å². The molecular weight excluding hydrogens is 373 g/mol. The third-order valence-electron chi connectivity index (χ3n) is 4.55. The summed E-state index contributed by atoms with van der Waals surface area (Å²) in [6.07, 6.45) is 0. The van der Waals surface area contributed by atoms with Gasteiger partial charge in [0.1, 0.15) is 5.82 Å². The summed E-state index contributed by atoms with van der Waals surface area (Å²) in [6, 6.07) is 19.3. The van der Waals surface area contributed by atoms with Crippen LogP contribution in [0.3, 0.4) is 0 Å². The maximum atomic E-state index is 13.2. The number of carboxylic acid groups (broad SMARTS) is 1. The Morgan fingerprint density at radius 3 is 2.41 bits per heavy atom. The molecule has 0 aliphatic carbocycles. The van der Waals surface area contributed by atoms with Gasteiger partial charge in [-0.05, 0) is 29.8 Å². The summed E-state index contributed by atoms with van der Waals surface area (Å²) in [5, 5.41) is 30.8. The molecule has 0 spiro atoms. The summed E-state index contributed by atoms with van der Waals surface area (Å²) in [4.78, 5) is 11.3. The van der Waals surface area contributed by atoms with Crippen LogP contribution < -0.4 is 5.11 Å². The Kier molecular flexibility index (Phi) is 4.78. The van der Waals surface area contributed by atoms with Crippen molar-refractivity contribution in [3.63, 3.8) is 0 Å². The normalized spacial score (nSPS) is 11.3. The summed E-state index contributed by atoms with van der Waals surface area (Å²) in [7, 11) is 0. The molecule has 1 N–H and O–H groups in total. The van der Waals surface area contributed by atoms with Crippen molar-refractivity contribution in [2.75, 3.05) is 0 Å². The minimum Gasteiger partial charge on any atom is -0.545 e. The number of azo groups is 1. The minimum atomic E-state index is -1.36. The molecule has 0 saturated heterocycles. The van der Waals surface area contributed by atoms with E-state index in [1.165, 1.54) is 24.3 Å². The van der Waals surface area contributed by atoms with Crippen LogP contribution in [0.1, 0.15) is 15.9 Å². The fourth-order valence-corrected chi connectivity index (χ4v) is 3.14. The first-order valence-electron chi connectivity index (χ1n) is 8.81. The number of benzene rings is 3. The van der Waals surface area contributed by atoms with Crippen LogP contribution in [0.4, 0.5) is 15.8 Å². The molecule has 0 aliphatic heterocycles. The molecule has 29 heavy (non-hydrogen) atoms. The van der Waals surface area contributed by atoms with Crippen molar-refractivity contribution >= 4 is 28.2 Å². The van der Waals surface area contributed by atoms with Crippen LogP contribution in [-0.4, -0.2) is 15.6 Å². The van der Waals surface area contributed by atoms with E-state index < -0.39 is 5.97 Å². The molecule has 6 nitrogen and oxygen atoms in total. The Morgan fingerprint density at radius 1 is 0.966 bits per heavy atom. The Morgan fingerprint density at radius 2 is 1.66 bits per heavy atom. The van der Waals surface area contributed by atoms with E-state index in [-0.39, 0.29) is 28.6 Å². The number of carbonyl (C=O) groups excluding carboxylic acids is 1. The lowest BCUT2D eigenvalue weighted by atomic mass is 10.2.